The first-order valence-electron chi connectivity index (χ1n) is 10.6. The summed E-state index contributed by atoms with van der Waals surface area (Å²) in [5.41, 5.74) is 0.552. The molecule has 2 atom stereocenters. The highest BCUT2D eigenvalue weighted by molar-refractivity contribution is 6.74. The molecule has 0 aliphatic rings. The Kier molecular flexibility index (Phi) is 10.1. The molecular weight excluding hydrogens is 428 g/mol. The van der Waals surface area contributed by atoms with Gasteiger partial charge in [0.1, 0.15) is 5.75 Å². The average molecular weight is 465 g/mol. The topological polar surface area (TPSA) is 95.8 Å². The molecule has 1 aromatic rings. The van der Waals surface area contributed by atoms with Crippen LogP contribution in [-0.2, 0) is 23.5 Å². The summed E-state index contributed by atoms with van der Waals surface area (Å²) in [6.45, 7) is 14.1. The average Bonchev–Trinajstić information content (AvgIpc) is 2.72. The van der Waals surface area contributed by atoms with Crippen molar-refractivity contribution in [1.82, 2.24) is 0 Å². The van der Waals surface area contributed by atoms with E-state index in [9.17, 15) is 9.59 Å². The Morgan fingerprint density at radius 3 is 2.19 bits per heavy atom. The molecule has 1 rings (SSSR count). The van der Waals surface area contributed by atoms with E-state index in [1.807, 2.05) is 0 Å². The smallest absolute Gasteiger partial charge is 0.333 e. The Bertz CT molecular complexity index is 828. The zero-order valence-corrected chi connectivity index (χ0v) is 21.6. The Morgan fingerprint density at radius 2 is 1.72 bits per heavy atom. The van der Waals surface area contributed by atoms with Crippen molar-refractivity contribution in [3.05, 3.63) is 36.1 Å². The molecule has 0 aromatic heterocycles. The van der Waals surface area contributed by atoms with Crippen molar-refractivity contribution < 1.29 is 28.2 Å². The molecule has 9 heteroatoms. The van der Waals surface area contributed by atoms with E-state index in [0.29, 0.717) is 17.2 Å². The van der Waals surface area contributed by atoms with Crippen LogP contribution in [0.1, 0.15) is 34.6 Å². The molecule has 0 heterocycles. The van der Waals surface area contributed by atoms with Gasteiger partial charge in [-0.15, -0.1) is 0 Å². The molecule has 0 amide bonds. The van der Waals surface area contributed by atoms with Crippen molar-refractivity contribution in [2.45, 2.75) is 58.8 Å². The van der Waals surface area contributed by atoms with Crippen LogP contribution in [0.5, 0.6) is 5.75 Å². The second-order valence-electron chi connectivity index (χ2n) is 8.83. The molecule has 0 saturated carbocycles. The summed E-state index contributed by atoms with van der Waals surface area (Å²) in [6, 6.07) is 5.96. The fourth-order valence-electron chi connectivity index (χ4n) is 2.39. The fraction of sp³-hybridized carbons (Fsp3) is 0.565. The first kappa shape index (κ1) is 27.4. The number of nitrogens with zero attached hydrogens (tertiary/aromatic N) is 2. The van der Waals surface area contributed by atoms with Crippen LogP contribution in [0, 0.1) is 5.92 Å². The number of azo groups is 1. The molecule has 178 valence electrons. The number of esters is 2. The lowest BCUT2D eigenvalue weighted by Crippen LogP contribution is -2.42. The summed E-state index contributed by atoms with van der Waals surface area (Å²) in [5, 5.41) is 8.36. The highest BCUT2D eigenvalue weighted by Crippen LogP contribution is 2.39. The number of ether oxygens (including phenoxy) is 3. The predicted octanol–water partition coefficient (Wildman–Crippen LogP) is 5.43. The van der Waals surface area contributed by atoms with E-state index in [1.165, 1.54) is 13.2 Å². The van der Waals surface area contributed by atoms with Crippen LogP contribution in [0.4, 0.5) is 5.69 Å². The lowest BCUT2D eigenvalue weighted by molar-refractivity contribution is -0.146. The lowest BCUT2D eigenvalue weighted by atomic mass is 10.00. The zero-order valence-electron chi connectivity index (χ0n) is 20.6. The van der Waals surface area contributed by atoms with Gasteiger partial charge in [0.2, 0.25) is 8.32 Å². The third-order valence-corrected chi connectivity index (χ3v) is 9.82. The van der Waals surface area contributed by atoms with Gasteiger partial charge in [-0.05, 0) is 49.3 Å². The Balaban J connectivity index is 3.35. The highest BCUT2D eigenvalue weighted by atomic mass is 28.4. The van der Waals surface area contributed by atoms with Crippen molar-refractivity contribution in [1.29, 1.82) is 0 Å². The largest absolute Gasteiger partial charge is 0.546 e. The third kappa shape index (κ3) is 7.78. The normalized spacial score (nSPS) is 14.6. The molecule has 2 unspecified atom stereocenters. The molecule has 0 aliphatic heterocycles. The van der Waals surface area contributed by atoms with Gasteiger partial charge in [0.05, 0.1) is 38.3 Å². The molecule has 0 fully saturated rings. The molecule has 0 spiro atoms. The van der Waals surface area contributed by atoms with Crippen molar-refractivity contribution >= 4 is 25.9 Å². The summed E-state index contributed by atoms with van der Waals surface area (Å²) in [5.74, 6) is -0.711. The maximum absolute atomic E-state index is 12.7. The molecule has 8 nitrogen and oxygen atoms in total. The van der Waals surface area contributed by atoms with Gasteiger partial charge in [-0.2, -0.15) is 10.2 Å². The first-order valence-corrected chi connectivity index (χ1v) is 13.5. The molecular formula is C23H36N2O6Si. The van der Waals surface area contributed by atoms with E-state index in [4.69, 9.17) is 18.6 Å². The minimum Gasteiger partial charge on any atom is -0.546 e. The molecule has 0 aliphatic carbocycles. The van der Waals surface area contributed by atoms with Crippen LogP contribution >= 0.6 is 0 Å². The van der Waals surface area contributed by atoms with Gasteiger partial charge in [0, 0.05) is 5.92 Å². The van der Waals surface area contributed by atoms with E-state index in [-0.39, 0.29) is 11.6 Å². The highest BCUT2D eigenvalue weighted by Gasteiger charge is 2.42. The Labute approximate surface area is 192 Å². The molecule has 0 saturated heterocycles. The van der Waals surface area contributed by atoms with Gasteiger partial charge >= 0.3 is 11.9 Å². The minimum atomic E-state index is -2.32. The quantitative estimate of drug-likeness (QED) is 0.151. The van der Waals surface area contributed by atoms with Gasteiger partial charge in [-0.3, -0.25) is 0 Å². The van der Waals surface area contributed by atoms with E-state index >= 15 is 0 Å². The monoisotopic (exact) mass is 464 g/mol. The molecule has 0 radical (unpaired) electrons. The summed E-state index contributed by atoms with van der Waals surface area (Å²) < 4.78 is 21.6. The summed E-state index contributed by atoms with van der Waals surface area (Å²) in [6.07, 6.45) is 1.28. The molecule has 1 aromatic carbocycles. The standard InChI is InChI=1S/C23H36N2O6Si/c1-10-30-22(27)21(25-24-17-11-13-18(28-6)14-12-17)16(2)19(15-20(26)29-7)31-32(8,9)23(3,4)5/h11-16,21H,10H2,1-9H3/b19-15-,25-24?. The number of hydrogen-bond acceptors (Lipinski definition) is 8. The zero-order chi connectivity index (χ0) is 24.5. The molecule has 0 bridgehead atoms. The summed E-state index contributed by atoms with van der Waals surface area (Å²) in [7, 11) is 0.546. The minimum absolute atomic E-state index is 0.119. The lowest BCUT2D eigenvalue weighted by Gasteiger charge is -2.38. The number of benzene rings is 1. The molecule has 32 heavy (non-hydrogen) atoms. The van der Waals surface area contributed by atoms with Crippen molar-refractivity contribution in [3.63, 3.8) is 0 Å². The second kappa shape index (κ2) is 11.8. The van der Waals surface area contributed by atoms with Gasteiger partial charge in [-0.25, -0.2) is 9.59 Å². The second-order valence-corrected chi connectivity index (χ2v) is 13.6. The predicted molar refractivity (Wildman–Crippen MR) is 125 cm³/mol. The maximum atomic E-state index is 12.7. The van der Waals surface area contributed by atoms with Crippen LogP contribution in [-0.4, -0.2) is 47.1 Å². The van der Waals surface area contributed by atoms with E-state index in [1.54, 1.807) is 45.2 Å². The van der Waals surface area contributed by atoms with Gasteiger partial charge < -0.3 is 18.6 Å². The van der Waals surface area contributed by atoms with Gasteiger partial charge in [0.25, 0.3) is 0 Å². The summed E-state index contributed by atoms with van der Waals surface area (Å²) >= 11 is 0. The van der Waals surface area contributed by atoms with Crippen LogP contribution in [0.25, 0.3) is 0 Å². The van der Waals surface area contributed by atoms with Crippen LogP contribution in [0.15, 0.2) is 46.3 Å². The number of rotatable bonds is 10. The Hall–Kier alpha value is -2.68. The van der Waals surface area contributed by atoms with Crippen LogP contribution in [0.3, 0.4) is 0 Å². The number of carbonyl (C=O) groups is 2. The summed E-state index contributed by atoms with van der Waals surface area (Å²) in [4.78, 5) is 24.8. The molecule has 0 N–H and O–H groups in total. The van der Waals surface area contributed by atoms with Crippen molar-refractivity contribution in [2.24, 2.45) is 16.1 Å². The number of carbonyl (C=O) groups excluding carboxylic acids is 2. The Morgan fingerprint density at radius 1 is 1.12 bits per heavy atom. The van der Waals surface area contributed by atoms with Gasteiger partial charge in [0.15, 0.2) is 6.04 Å². The van der Waals surface area contributed by atoms with E-state index in [0.717, 1.165) is 0 Å². The maximum Gasteiger partial charge on any atom is 0.333 e. The van der Waals surface area contributed by atoms with Crippen molar-refractivity contribution in [3.8, 4) is 5.75 Å². The van der Waals surface area contributed by atoms with Crippen LogP contribution < -0.4 is 4.74 Å². The van der Waals surface area contributed by atoms with Crippen molar-refractivity contribution in [2.75, 3.05) is 20.8 Å². The number of hydrogen-bond donors (Lipinski definition) is 0. The van der Waals surface area contributed by atoms with E-state index < -0.39 is 32.2 Å². The van der Waals surface area contributed by atoms with Crippen LogP contribution in [0.2, 0.25) is 18.1 Å². The first-order chi connectivity index (χ1) is 14.9. The van der Waals surface area contributed by atoms with E-state index in [2.05, 4.69) is 44.1 Å². The van der Waals surface area contributed by atoms with Gasteiger partial charge in [-0.1, -0.05) is 27.7 Å². The third-order valence-electron chi connectivity index (χ3n) is 5.46. The fourth-order valence-corrected chi connectivity index (χ4v) is 3.53. The SMILES string of the molecule is CCOC(=O)C(N=Nc1ccc(OC)cc1)C(C)/C(=C/C(=O)OC)O[Si](C)(C)C(C)(C)C. The number of methoxy groups -OCH3 is 2.